The maximum atomic E-state index is 12.9. The summed E-state index contributed by atoms with van der Waals surface area (Å²) in [6.07, 6.45) is -0.679. The van der Waals surface area contributed by atoms with E-state index in [2.05, 4.69) is 40.7 Å². The van der Waals surface area contributed by atoms with Gasteiger partial charge >= 0.3 is 6.29 Å². The van der Waals surface area contributed by atoms with E-state index in [4.69, 9.17) is 0 Å². The molecule has 0 aliphatic carbocycles. The standard InChI is InChI=1S/C11H6BrF2N3O2/c12-7-4-15-5-16-10(7)17-6-1-2-8-9(3-6)19-11(13,14)18-8/h1-5H,(H,15,16,17). The van der Waals surface area contributed by atoms with Crippen molar-refractivity contribution < 1.29 is 18.3 Å². The first kappa shape index (κ1) is 12.1. The second-order valence-corrected chi connectivity index (χ2v) is 4.53. The second-order valence-electron chi connectivity index (χ2n) is 3.67. The van der Waals surface area contributed by atoms with E-state index in [0.717, 1.165) is 0 Å². The normalized spacial score (nSPS) is 15.3. The van der Waals surface area contributed by atoms with Crippen molar-refractivity contribution >= 4 is 27.4 Å². The van der Waals surface area contributed by atoms with Crippen LogP contribution in [0.25, 0.3) is 0 Å². The van der Waals surface area contributed by atoms with Crippen LogP contribution in [0, 0.1) is 0 Å². The number of hydrogen-bond acceptors (Lipinski definition) is 5. The summed E-state index contributed by atoms with van der Waals surface area (Å²) in [5, 5.41) is 2.95. The van der Waals surface area contributed by atoms with Gasteiger partial charge in [0.2, 0.25) is 0 Å². The molecule has 0 unspecified atom stereocenters. The molecule has 2 heterocycles. The van der Waals surface area contributed by atoms with Gasteiger partial charge in [-0.3, -0.25) is 0 Å². The minimum Gasteiger partial charge on any atom is -0.395 e. The van der Waals surface area contributed by atoms with Gasteiger partial charge in [-0.05, 0) is 28.1 Å². The molecule has 0 radical (unpaired) electrons. The lowest BCUT2D eigenvalue weighted by Gasteiger charge is -2.07. The number of anilines is 2. The van der Waals surface area contributed by atoms with Crippen molar-refractivity contribution in [2.45, 2.75) is 6.29 Å². The Hall–Kier alpha value is -1.96. The van der Waals surface area contributed by atoms with Crippen molar-refractivity contribution in [1.82, 2.24) is 9.97 Å². The molecule has 1 aliphatic rings. The fraction of sp³-hybridized carbons (Fsp3) is 0.0909. The summed E-state index contributed by atoms with van der Waals surface area (Å²) in [6, 6.07) is 4.39. The summed E-state index contributed by atoms with van der Waals surface area (Å²) in [7, 11) is 0. The van der Waals surface area contributed by atoms with Crippen LogP contribution in [-0.4, -0.2) is 16.3 Å². The average Bonchev–Trinajstić information content (AvgIpc) is 2.65. The molecule has 98 valence electrons. The van der Waals surface area contributed by atoms with Gasteiger partial charge in [0.15, 0.2) is 11.5 Å². The summed E-state index contributed by atoms with van der Waals surface area (Å²) in [5.74, 6) is 0.484. The second kappa shape index (κ2) is 4.30. The lowest BCUT2D eigenvalue weighted by molar-refractivity contribution is -0.286. The summed E-state index contributed by atoms with van der Waals surface area (Å²) in [6.45, 7) is 0. The number of hydrogen-bond donors (Lipinski definition) is 1. The maximum Gasteiger partial charge on any atom is 0.586 e. The van der Waals surface area contributed by atoms with Gasteiger partial charge in [-0.15, -0.1) is 8.78 Å². The third-order valence-electron chi connectivity index (χ3n) is 2.33. The Morgan fingerprint density at radius 3 is 2.79 bits per heavy atom. The molecule has 0 spiro atoms. The van der Waals surface area contributed by atoms with Crippen molar-refractivity contribution in [3.8, 4) is 11.5 Å². The number of nitrogens with zero attached hydrogens (tertiary/aromatic N) is 2. The van der Waals surface area contributed by atoms with Crippen LogP contribution in [0.5, 0.6) is 11.5 Å². The molecule has 0 saturated heterocycles. The van der Waals surface area contributed by atoms with E-state index in [1.54, 1.807) is 12.3 Å². The molecule has 0 amide bonds. The minimum atomic E-state index is -3.61. The van der Waals surface area contributed by atoms with E-state index in [1.807, 2.05) is 0 Å². The van der Waals surface area contributed by atoms with Gasteiger partial charge in [0.1, 0.15) is 12.1 Å². The minimum absolute atomic E-state index is 0.00250. The predicted octanol–water partition coefficient (Wildman–Crippen LogP) is 3.30. The molecule has 1 N–H and O–H groups in total. The SMILES string of the molecule is FC1(F)Oc2ccc(Nc3ncncc3Br)cc2O1. The summed E-state index contributed by atoms with van der Waals surface area (Å²) < 4.78 is 35.1. The first-order chi connectivity index (χ1) is 9.03. The van der Waals surface area contributed by atoms with Gasteiger partial charge in [0.25, 0.3) is 0 Å². The first-order valence-electron chi connectivity index (χ1n) is 5.16. The van der Waals surface area contributed by atoms with E-state index < -0.39 is 6.29 Å². The van der Waals surface area contributed by atoms with Crippen molar-refractivity contribution in [2.75, 3.05) is 5.32 Å². The van der Waals surface area contributed by atoms with Crippen molar-refractivity contribution in [2.24, 2.45) is 0 Å². The van der Waals surface area contributed by atoms with E-state index in [-0.39, 0.29) is 11.5 Å². The number of nitrogens with one attached hydrogen (secondary N) is 1. The van der Waals surface area contributed by atoms with Crippen LogP contribution < -0.4 is 14.8 Å². The highest BCUT2D eigenvalue weighted by molar-refractivity contribution is 9.10. The number of benzene rings is 1. The highest BCUT2D eigenvalue weighted by Gasteiger charge is 2.43. The molecule has 0 saturated carbocycles. The van der Waals surface area contributed by atoms with E-state index in [9.17, 15) is 8.78 Å². The number of ether oxygens (including phenoxy) is 2. The fourth-order valence-electron chi connectivity index (χ4n) is 1.57. The molecule has 1 aliphatic heterocycles. The number of fused-ring (bicyclic) bond motifs is 1. The molecule has 1 aromatic carbocycles. The molecular weight excluding hydrogens is 324 g/mol. The Kier molecular flexibility index (Phi) is 2.74. The molecule has 1 aromatic heterocycles. The van der Waals surface area contributed by atoms with Crippen LogP contribution in [0.15, 0.2) is 35.2 Å². The smallest absolute Gasteiger partial charge is 0.395 e. The largest absolute Gasteiger partial charge is 0.586 e. The Morgan fingerprint density at radius 1 is 1.21 bits per heavy atom. The third-order valence-corrected chi connectivity index (χ3v) is 2.91. The first-order valence-corrected chi connectivity index (χ1v) is 5.95. The zero-order chi connectivity index (χ0) is 13.5. The van der Waals surface area contributed by atoms with Crippen molar-refractivity contribution in [3.63, 3.8) is 0 Å². The number of rotatable bonds is 2. The van der Waals surface area contributed by atoms with Crippen molar-refractivity contribution in [3.05, 3.63) is 35.2 Å². The molecule has 3 rings (SSSR count). The average molecular weight is 330 g/mol. The monoisotopic (exact) mass is 329 g/mol. The van der Waals surface area contributed by atoms with Crippen LogP contribution >= 0.6 is 15.9 Å². The lowest BCUT2D eigenvalue weighted by Crippen LogP contribution is -2.25. The van der Waals surface area contributed by atoms with Crippen molar-refractivity contribution in [1.29, 1.82) is 0 Å². The highest BCUT2D eigenvalue weighted by atomic mass is 79.9. The molecule has 19 heavy (non-hydrogen) atoms. The lowest BCUT2D eigenvalue weighted by atomic mass is 10.3. The summed E-state index contributed by atoms with van der Waals surface area (Å²) in [5.41, 5.74) is 0.541. The van der Waals surface area contributed by atoms with E-state index in [0.29, 0.717) is 16.0 Å². The molecule has 5 nitrogen and oxygen atoms in total. The van der Waals surface area contributed by atoms with Crippen LogP contribution in [0.3, 0.4) is 0 Å². The number of alkyl halides is 2. The fourth-order valence-corrected chi connectivity index (χ4v) is 1.89. The molecule has 8 heteroatoms. The third kappa shape index (κ3) is 2.43. The number of aromatic nitrogens is 2. The van der Waals surface area contributed by atoms with Gasteiger partial charge in [0.05, 0.1) is 4.47 Å². The molecule has 0 fully saturated rings. The van der Waals surface area contributed by atoms with Gasteiger partial charge in [-0.1, -0.05) is 0 Å². The maximum absolute atomic E-state index is 12.9. The zero-order valence-corrected chi connectivity index (χ0v) is 10.8. The van der Waals surface area contributed by atoms with Crippen LogP contribution in [0.4, 0.5) is 20.3 Å². The van der Waals surface area contributed by atoms with E-state index >= 15 is 0 Å². The Morgan fingerprint density at radius 2 is 2.00 bits per heavy atom. The van der Waals surface area contributed by atoms with Crippen LogP contribution in [0.1, 0.15) is 0 Å². The Labute approximate surface area is 114 Å². The van der Waals surface area contributed by atoms with Gasteiger partial charge in [-0.2, -0.15) is 0 Å². The van der Waals surface area contributed by atoms with Crippen LogP contribution in [0.2, 0.25) is 0 Å². The van der Waals surface area contributed by atoms with Gasteiger partial charge in [-0.25, -0.2) is 9.97 Å². The Balaban J connectivity index is 1.87. The molecule has 0 bridgehead atoms. The summed E-state index contributed by atoms with van der Waals surface area (Å²) >= 11 is 3.27. The highest BCUT2D eigenvalue weighted by Crippen LogP contribution is 2.42. The topological polar surface area (TPSA) is 56.3 Å². The van der Waals surface area contributed by atoms with E-state index in [1.165, 1.54) is 18.5 Å². The number of halogens is 3. The van der Waals surface area contributed by atoms with Gasteiger partial charge < -0.3 is 14.8 Å². The predicted molar refractivity (Wildman–Crippen MR) is 65.7 cm³/mol. The van der Waals surface area contributed by atoms with Gasteiger partial charge in [0, 0.05) is 18.0 Å². The zero-order valence-electron chi connectivity index (χ0n) is 9.23. The summed E-state index contributed by atoms with van der Waals surface area (Å²) in [4.78, 5) is 7.83. The van der Waals surface area contributed by atoms with Crippen LogP contribution in [-0.2, 0) is 0 Å². The molecule has 0 atom stereocenters. The molecule has 2 aromatic rings. The quantitative estimate of drug-likeness (QED) is 0.916. The molecular formula is C11H6BrF2N3O2. The Bertz CT molecular complexity index is 639.